The first-order valence-electron chi connectivity index (χ1n) is 5.99. The van der Waals surface area contributed by atoms with Crippen LogP contribution in [-0.4, -0.2) is 31.2 Å². The first kappa shape index (κ1) is 16.2. The second kappa shape index (κ2) is 7.05. The monoisotopic (exact) mass is 347 g/mol. The number of nitrogens with one attached hydrogen (secondary N) is 1. The van der Waals surface area contributed by atoms with Gasteiger partial charge in [-0.25, -0.2) is 8.42 Å². The zero-order valence-corrected chi connectivity index (χ0v) is 13.4. The molecule has 0 aliphatic rings. The summed E-state index contributed by atoms with van der Waals surface area (Å²) in [5, 5.41) is 2.52. The van der Waals surface area contributed by atoms with Crippen LogP contribution < -0.4 is 5.32 Å². The number of amides is 1. The number of alkyl halides is 1. The molecule has 0 aliphatic carbocycles. The van der Waals surface area contributed by atoms with Crippen LogP contribution in [-0.2, 0) is 21.1 Å². The molecule has 19 heavy (non-hydrogen) atoms. The minimum absolute atomic E-state index is 0.500. The van der Waals surface area contributed by atoms with Crippen LogP contribution >= 0.6 is 15.9 Å². The van der Waals surface area contributed by atoms with Crippen molar-refractivity contribution < 1.29 is 13.2 Å². The topological polar surface area (TPSA) is 63.2 Å². The van der Waals surface area contributed by atoms with E-state index in [4.69, 9.17) is 0 Å². The Morgan fingerprint density at radius 2 is 2.11 bits per heavy atom. The second-order valence-corrected chi connectivity index (χ2v) is 7.61. The normalized spacial score (nSPS) is 13.0. The lowest BCUT2D eigenvalue weighted by Crippen LogP contribution is -2.31. The average molecular weight is 348 g/mol. The highest BCUT2D eigenvalue weighted by molar-refractivity contribution is 9.09. The standard InChI is InChI=1S/C13H18BrNO3S/c1-10(19(2,17)18)13(16)15-12-7-3-5-11(9-12)6-4-8-14/h3,5,7,9-10H,4,6,8H2,1-2H3,(H,15,16). The molecule has 0 aromatic heterocycles. The fraction of sp³-hybridized carbons (Fsp3) is 0.462. The number of benzene rings is 1. The Balaban J connectivity index is 2.74. The van der Waals surface area contributed by atoms with E-state index in [9.17, 15) is 13.2 Å². The van der Waals surface area contributed by atoms with Crippen LogP contribution in [0.4, 0.5) is 5.69 Å². The quantitative estimate of drug-likeness (QED) is 0.803. The van der Waals surface area contributed by atoms with Crippen molar-refractivity contribution >= 4 is 37.4 Å². The Kier molecular flexibility index (Phi) is 6.00. The molecule has 0 aliphatic heterocycles. The largest absolute Gasteiger partial charge is 0.325 e. The summed E-state index contributed by atoms with van der Waals surface area (Å²) in [5.41, 5.74) is 1.75. The number of hydrogen-bond donors (Lipinski definition) is 1. The maximum absolute atomic E-state index is 11.8. The molecular weight excluding hydrogens is 330 g/mol. The van der Waals surface area contributed by atoms with Gasteiger partial charge < -0.3 is 5.32 Å². The first-order chi connectivity index (χ1) is 8.84. The van der Waals surface area contributed by atoms with E-state index in [1.54, 1.807) is 6.07 Å². The number of carbonyl (C=O) groups is 1. The molecule has 0 heterocycles. The van der Waals surface area contributed by atoms with E-state index >= 15 is 0 Å². The molecule has 0 bridgehead atoms. The molecule has 0 fully saturated rings. The van der Waals surface area contributed by atoms with Gasteiger partial charge in [-0.2, -0.15) is 0 Å². The van der Waals surface area contributed by atoms with Gasteiger partial charge in [0.1, 0.15) is 5.25 Å². The van der Waals surface area contributed by atoms with Gasteiger partial charge in [0.2, 0.25) is 5.91 Å². The van der Waals surface area contributed by atoms with E-state index in [1.807, 2.05) is 18.2 Å². The zero-order valence-electron chi connectivity index (χ0n) is 11.0. The van der Waals surface area contributed by atoms with Crippen LogP contribution in [0.5, 0.6) is 0 Å². The lowest BCUT2D eigenvalue weighted by atomic mass is 10.1. The van der Waals surface area contributed by atoms with Crippen molar-refractivity contribution in [1.29, 1.82) is 0 Å². The van der Waals surface area contributed by atoms with Gasteiger partial charge in [-0.05, 0) is 37.5 Å². The molecule has 0 saturated heterocycles. The fourth-order valence-corrected chi connectivity index (χ4v) is 2.24. The van der Waals surface area contributed by atoms with Gasteiger partial charge in [0.05, 0.1) is 0 Å². The molecule has 0 spiro atoms. The molecule has 106 valence electrons. The molecule has 1 amide bonds. The highest BCUT2D eigenvalue weighted by atomic mass is 79.9. The third kappa shape index (κ3) is 5.32. The van der Waals surface area contributed by atoms with E-state index < -0.39 is 21.0 Å². The number of aryl methyl sites for hydroxylation is 1. The summed E-state index contributed by atoms with van der Waals surface area (Å²) >= 11 is 3.37. The van der Waals surface area contributed by atoms with Gasteiger partial charge in [0.15, 0.2) is 9.84 Å². The predicted octanol–water partition coefficient (Wildman–Crippen LogP) is 2.39. The van der Waals surface area contributed by atoms with E-state index in [2.05, 4.69) is 21.2 Å². The average Bonchev–Trinajstić information content (AvgIpc) is 2.34. The fourth-order valence-electron chi connectivity index (χ4n) is 1.51. The highest BCUT2D eigenvalue weighted by Gasteiger charge is 2.23. The smallest absolute Gasteiger partial charge is 0.242 e. The SMILES string of the molecule is CC(C(=O)Nc1cccc(CCCBr)c1)S(C)(=O)=O. The Bertz CT molecular complexity index is 543. The molecule has 6 heteroatoms. The lowest BCUT2D eigenvalue weighted by molar-refractivity contribution is -0.115. The molecule has 4 nitrogen and oxygen atoms in total. The minimum atomic E-state index is -3.36. The van der Waals surface area contributed by atoms with Crippen LogP contribution in [0.25, 0.3) is 0 Å². The number of hydrogen-bond acceptors (Lipinski definition) is 3. The van der Waals surface area contributed by atoms with Crippen LogP contribution in [0, 0.1) is 0 Å². The summed E-state index contributed by atoms with van der Waals surface area (Å²) < 4.78 is 22.6. The Labute approximate surface area is 122 Å². The maximum atomic E-state index is 11.8. The van der Waals surface area contributed by atoms with Crippen molar-refractivity contribution in [1.82, 2.24) is 0 Å². The lowest BCUT2D eigenvalue weighted by Gasteiger charge is -2.11. The second-order valence-electron chi connectivity index (χ2n) is 4.45. The van der Waals surface area contributed by atoms with E-state index in [-0.39, 0.29) is 0 Å². The number of sulfone groups is 1. The van der Waals surface area contributed by atoms with Crippen LogP contribution in [0.1, 0.15) is 18.9 Å². The molecule has 1 aromatic carbocycles. The number of anilines is 1. The highest BCUT2D eigenvalue weighted by Crippen LogP contribution is 2.14. The van der Waals surface area contributed by atoms with Gasteiger partial charge in [-0.15, -0.1) is 0 Å². The molecule has 1 atom stereocenters. The van der Waals surface area contributed by atoms with Gasteiger partial charge >= 0.3 is 0 Å². The zero-order chi connectivity index (χ0) is 14.5. The molecule has 0 saturated carbocycles. The minimum Gasteiger partial charge on any atom is -0.325 e. The van der Waals surface area contributed by atoms with Crippen molar-refractivity contribution in [2.24, 2.45) is 0 Å². The Morgan fingerprint density at radius 3 is 2.68 bits per heavy atom. The number of carbonyl (C=O) groups excluding carboxylic acids is 1. The van der Waals surface area contributed by atoms with Crippen LogP contribution in [0.3, 0.4) is 0 Å². The Hall–Kier alpha value is -0.880. The van der Waals surface area contributed by atoms with E-state index in [0.717, 1.165) is 30.0 Å². The summed E-state index contributed by atoms with van der Waals surface area (Å²) in [5.74, 6) is -0.500. The number of halogens is 1. The summed E-state index contributed by atoms with van der Waals surface area (Å²) in [4.78, 5) is 11.8. The molecular formula is C13H18BrNO3S. The predicted molar refractivity (Wildman–Crippen MR) is 81.5 cm³/mol. The van der Waals surface area contributed by atoms with Crippen molar-refractivity contribution in [2.45, 2.75) is 25.0 Å². The Morgan fingerprint density at radius 1 is 1.42 bits per heavy atom. The first-order valence-corrected chi connectivity index (χ1v) is 9.07. The summed E-state index contributed by atoms with van der Waals surface area (Å²) in [6.45, 7) is 1.39. The number of rotatable bonds is 6. The van der Waals surface area contributed by atoms with Crippen molar-refractivity contribution in [3.8, 4) is 0 Å². The van der Waals surface area contributed by atoms with Crippen molar-refractivity contribution in [2.75, 3.05) is 16.9 Å². The maximum Gasteiger partial charge on any atom is 0.242 e. The van der Waals surface area contributed by atoms with Gasteiger partial charge in [0.25, 0.3) is 0 Å². The molecule has 1 N–H and O–H groups in total. The molecule has 0 radical (unpaired) electrons. The van der Waals surface area contributed by atoms with E-state index in [0.29, 0.717) is 5.69 Å². The molecule has 1 unspecified atom stereocenters. The van der Waals surface area contributed by atoms with E-state index in [1.165, 1.54) is 6.92 Å². The van der Waals surface area contributed by atoms with Crippen molar-refractivity contribution in [3.05, 3.63) is 29.8 Å². The molecule has 1 aromatic rings. The summed E-state index contributed by atoms with van der Waals surface area (Å²) in [7, 11) is -3.36. The third-order valence-corrected chi connectivity index (χ3v) is 4.86. The summed E-state index contributed by atoms with van der Waals surface area (Å²) in [6.07, 6.45) is 2.98. The van der Waals surface area contributed by atoms with Gasteiger partial charge in [0, 0.05) is 17.3 Å². The third-order valence-electron chi connectivity index (χ3n) is 2.81. The van der Waals surface area contributed by atoms with Gasteiger partial charge in [-0.3, -0.25) is 4.79 Å². The summed E-state index contributed by atoms with van der Waals surface area (Å²) in [6, 6.07) is 7.46. The van der Waals surface area contributed by atoms with Crippen LogP contribution in [0.15, 0.2) is 24.3 Å². The van der Waals surface area contributed by atoms with Crippen molar-refractivity contribution in [3.63, 3.8) is 0 Å². The van der Waals surface area contributed by atoms with Gasteiger partial charge in [-0.1, -0.05) is 28.1 Å². The van der Waals surface area contributed by atoms with Crippen LogP contribution in [0.2, 0.25) is 0 Å². The molecule has 1 rings (SSSR count).